The first-order valence-corrected chi connectivity index (χ1v) is 11.0. The molecule has 3 aromatic carbocycles. The van der Waals surface area contributed by atoms with Crippen LogP contribution in [0.3, 0.4) is 0 Å². The van der Waals surface area contributed by atoms with Gasteiger partial charge in [-0.1, -0.05) is 41.0 Å². The summed E-state index contributed by atoms with van der Waals surface area (Å²) in [5, 5.41) is 10.3. The van der Waals surface area contributed by atoms with Gasteiger partial charge < -0.3 is 4.52 Å². The zero-order valence-electron chi connectivity index (χ0n) is 16.3. The second-order valence-corrected chi connectivity index (χ2v) is 8.06. The van der Waals surface area contributed by atoms with Crippen LogP contribution in [0.25, 0.3) is 39.4 Å². The highest BCUT2D eigenvalue weighted by atomic mass is 35.5. The van der Waals surface area contributed by atoms with Gasteiger partial charge in [0.25, 0.3) is 11.4 Å². The van der Waals surface area contributed by atoms with E-state index in [0.717, 1.165) is 10.5 Å². The van der Waals surface area contributed by atoms with Crippen LogP contribution in [-0.4, -0.2) is 26.2 Å². The standard InChI is InChI=1S/C23H15ClN4O2S/c1-31-17-11-9-14(10-12-17)21-25-22(30-27-21)20-18-7-2-3-8-19(18)23(29)28(26-20)16-6-4-5-15(24)13-16/h2-13H,1H3. The first-order valence-electron chi connectivity index (χ1n) is 9.40. The van der Waals surface area contributed by atoms with Gasteiger partial charge in [0.15, 0.2) is 5.69 Å². The Labute approximate surface area is 186 Å². The molecule has 6 nitrogen and oxygen atoms in total. The third kappa shape index (κ3) is 3.62. The fourth-order valence-corrected chi connectivity index (χ4v) is 3.90. The molecule has 0 bridgehead atoms. The monoisotopic (exact) mass is 446 g/mol. The summed E-state index contributed by atoms with van der Waals surface area (Å²) in [5.41, 5.74) is 1.56. The minimum atomic E-state index is -0.256. The maximum absolute atomic E-state index is 13.1. The number of benzene rings is 3. The SMILES string of the molecule is CSc1ccc(-c2noc(-c3nn(-c4cccc(Cl)c4)c(=O)c4ccccc34)n2)cc1. The van der Waals surface area contributed by atoms with Crippen LogP contribution in [0.2, 0.25) is 5.02 Å². The summed E-state index contributed by atoms with van der Waals surface area (Å²) in [6.45, 7) is 0. The lowest BCUT2D eigenvalue weighted by molar-refractivity contribution is 0.430. The Kier molecular flexibility index (Phi) is 5.05. The molecule has 0 atom stereocenters. The molecule has 0 fully saturated rings. The average molecular weight is 447 g/mol. The molecule has 0 saturated carbocycles. The number of hydrogen-bond donors (Lipinski definition) is 0. The van der Waals surface area contributed by atoms with Crippen molar-refractivity contribution in [3.8, 4) is 28.7 Å². The van der Waals surface area contributed by atoms with Crippen LogP contribution in [0.15, 0.2) is 87.0 Å². The molecule has 0 amide bonds. The minimum absolute atomic E-state index is 0.232. The summed E-state index contributed by atoms with van der Waals surface area (Å²) in [5.74, 6) is 0.685. The third-order valence-corrected chi connectivity index (χ3v) is 5.81. The summed E-state index contributed by atoms with van der Waals surface area (Å²) >= 11 is 7.79. The number of thioether (sulfide) groups is 1. The molecule has 5 rings (SSSR count). The minimum Gasteiger partial charge on any atom is -0.332 e. The Morgan fingerprint density at radius 1 is 0.968 bits per heavy atom. The second kappa shape index (κ2) is 8.02. The van der Waals surface area contributed by atoms with Crippen molar-refractivity contribution in [2.75, 3.05) is 6.26 Å². The van der Waals surface area contributed by atoms with Gasteiger partial charge in [-0.25, -0.2) is 0 Å². The van der Waals surface area contributed by atoms with Gasteiger partial charge in [0.1, 0.15) is 0 Å². The van der Waals surface area contributed by atoms with Gasteiger partial charge in [-0.15, -0.1) is 11.8 Å². The largest absolute Gasteiger partial charge is 0.332 e. The van der Waals surface area contributed by atoms with Gasteiger partial charge in [-0.3, -0.25) is 4.79 Å². The molecule has 31 heavy (non-hydrogen) atoms. The van der Waals surface area contributed by atoms with Gasteiger partial charge in [0.2, 0.25) is 5.82 Å². The Hall–Kier alpha value is -3.42. The molecule has 0 radical (unpaired) electrons. The summed E-state index contributed by atoms with van der Waals surface area (Å²) in [7, 11) is 0. The van der Waals surface area contributed by atoms with Crippen LogP contribution >= 0.6 is 23.4 Å². The Bertz CT molecular complexity index is 1460. The molecule has 2 aromatic heterocycles. The van der Waals surface area contributed by atoms with Crippen LogP contribution in [-0.2, 0) is 0 Å². The van der Waals surface area contributed by atoms with Crippen molar-refractivity contribution >= 4 is 34.1 Å². The average Bonchev–Trinajstić information content (AvgIpc) is 3.30. The highest BCUT2D eigenvalue weighted by Gasteiger charge is 2.19. The molecule has 8 heteroatoms. The van der Waals surface area contributed by atoms with E-state index in [4.69, 9.17) is 16.1 Å². The van der Waals surface area contributed by atoms with E-state index in [9.17, 15) is 4.79 Å². The van der Waals surface area contributed by atoms with E-state index in [1.54, 1.807) is 42.1 Å². The van der Waals surface area contributed by atoms with Crippen LogP contribution in [0.1, 0.15) is 0 Å². The summed E-state index contributed by atoms with van der Waals surface area (Å²) in [6.07, 6.45) is 2.02. The molecule has 0 unspecified atom stereocenters. The number of rotatable bonds is 4. The molecule has 5 aromatic rings. The molecule has 0 N–H and O–H groups in total. The number of fused-ring (bicyclic) bond motifs is 1. The van der Waals surface area contributed by atoms with Crippen molar-refractivity contribution in [2.24, 2.45) is 0 Å². The van der Waals surface area contributed by atoms with E-state index < -0.39 is 0 Å². The quantitative estimate of drug-likeness (QED) is 0.340. The van der Waals surface area contributed by atoms with Crippen molar-refractivity contribution in [2.45, 2.75) is 4.90 Å². The zero-order chi connectivity index (χ0) is 21.4. The first kappa shape index (κ1) is 19.5. The number of halogens is 1. The molecule has 2 heterocycles. The lowest BCUT2D eigenvalue weighted by Gasteiger charge is -2.09. The van der Waals surface area contributed by atoms with E-state index in [0.29, 0.717) is 33.0 Å². The molecule has 0 aliphatic rings. The normalized spacial score (nSPS) is 11.2. The third-order valence-electron chi connectivity index (χ3n) is 4.83. The fraction of sp³-hybridized carbons (Fsp3) is 0.0435. The van der Waals surface area contributed by atoms with E-state index >= 15 is 0 Å². The predicted molar refractivity (Wildman–Crippen MR) is 123 cm³/mol. The Morgan fingerprint density at radius 3 is 2.48 bits per heavy atom. The van der Waals surface area contributed by atoms with Gasteiger partial charge in [-0.2, -0.15) is 14.8 Å². The lowest BCUT2D eigenvalue weighted by Crippen LogP contribution is -2.22. The fourth-order valence-electron chi connectivity index (χ4n) is 3.31. The summed E-state index contributed by atoms with van der Waals surface area (Å²) in [6, 6.07) is 22.1. The van der Waals surface area contributed by atoms with Crippen LogP contribution in [0, 0.1) is 0 Å². The van der Waals surface area contributed by atoms with Crippen molar-refractivity contribution in [1.82, 2.24) is 19.9 Å². The predicted octanol–water partition coefficient (Wildman–Crippen LogP) is 5.48. The van der Waals surface area contributed by atoms with Crippen LogP contribution in [0.5, 0.6) is 0 Å². The van der Waals surface area contributed by atoms with Crippen LogP contribution < -0.4 is 5.56 Å². The number of aromatic nitrogens is 4. The van der Waals surface area contributed by atoms with Gasteiger partial charge >= 0.3 is 0 Å². The Morgan fingerprint density at radius 2 is 1.74 bits per heavy atom. The number of nitrogens with zero attached hydrogens (tertiary/aromatic N) is 4. The molecule has 0 spiro atoms. The molecule has 0 saturated heterocycles. The molecule has 0 aliphatic carbocycles. The molecular weight excluding hydrogens is 432 g/mol. The summed E-state index contributed by atoms with van der Waals surface area (Å²) in [4.78, 5) is 18.8. The van der Waals surface area contributed by atoms with Gasteiger partial charge in [0.05, 0.1) is 11.1 Å². The maximum Gasteiger partial charge on any atom is 0.279 e. The number of hydrogen-bond acceptors (Lipinski definition) is 6. The highest BCUT2D eigenvalue weighted by Crippen LogP contribution is 2.27. The lowest BCUT2D eigenvalue weighted by atomic mass is 10.1. The Balaban J connectivity index is 1.69. The van der Waals surface area contributed by atoms with Crippen molar-refractivity contribution < 1.29 is 4.52 Å². The van der Waals surface area contributed by atoms with E-state index in [1.165, 1.54) is 4.68 Å². The van der Waals surface area contributed by atoms with E-state index in [1.807, 2.05) is 48.7 Å². The highest BCUT2D eigenvalue weighted by molar-refractivity contribution is 7.98. The molecule has 0 aliphatic heterocycles. The first-order chi connectivity index (χ1) is 15.1. The van der Waals surface area contributed by atoms with E-state index in [2.05, 4.69) is 15.2 Å². The van der Waals surface area contributed by atoms with Crippen LogP contribution in [0.4, 0.5) is 0 Å². The second-order valence-electron chi connectivity index (χ2n) is 6.74. The topological polar surface area (TPSA) is 73.8 Å². The zero-order valence-corrected chi connectivity index (χ0v) is 17.9. The molecular formula is C23H15ClN4O2S. The van der Waals surface area contributed by atoms with Gasteiger partial charge in [-0.05, 0) is 54.8 Å². The molecule has 152 valence electrons. The van der Waals surface area contributed by atoms with Crippen molar-refractivity contribution in [1.29, 1.82) is 0 Å². The maximum atomic E-state index is 13.1. The van der Waals surface area contributed by atoms with E-state index in [-0.39, 0.29) is 11.4 Å². The van der Waals surface area contributed by atoms with Crippen molar-refractivity contribution in [3.05, 3.63) is 88.2 Å². The smallest absolute Gasteiger partial charge is 0.279 e. The summed E-state index contributed by atoms with van der Waals surface area (Å²) < 4.78 is 6.86. The van der Waals surface area contributed by atoms with Crippen molar-refractivity contribution in [3.63, 3.8) is 0 Å². The van der Waals surface area contributed by atoms with Gasteiger partial charge in [0, 0.05) is 20.9 Å².